The molecule has 0 saturated carbocycles. The Morgan fingerprint density at radius 2 is 2.36 bits per heavy atom. The monoisotopic (exact) mass is 150 g/mol. The van der Waals surface area contributed by atoms with Crippen LogP contribution in [0.5, 0.6) is 0 Å². The van der Waals surface area contributed by atoms with Gasteiger partial charge in [-0.15, -0.1) is 0 Å². The van der Waals surface area contributed by atoms with Crippen LogP contribution in [-0.4, -0.2) is 6.04 Å². The Balaban J connectivity index is 2.43. The van der Waals surface area contributed by atoms with Crippen molar-refractivity contribution in [1.29, 1.82) is 0 Å². The third kappa shape index (κ3) is 1.09. The molecule has 2 heteroatoms. The molecule has 1 radical (unpaired) electrons. The first-order valence-corrected chi connectivity index (χ1v) is 3.75. The van der Waals surface area contributed by atoms with Crippen molar-refractivity contribution in [1.82, 2.24) is 5.32 Å². The van der Waals surface area contributed by atoms with Crippen LogP contribution in [0, 0.1) is 5.82 Å². The highest BCUT2D eigenvalue weighted by molar-refractivity contribution is 5.49. The van der Waals surface area contributed by atoms with Crippen molar-refractivity contribution in [2.45, 2.75) is 19.4 Å². The SMILES string of the molecule is CC1Cc2cc(F)ccc2[N]1. The van der Waals surface area contributed by atoms with E-state index in [2.05, 4.69) is 5.32 Å². The summed E-state index contributed by atoms with van der Waals surface area (Å²) in [7, 11) is 0. The van der Waals surface area contributed by atoms with E-state index in [1.165, 1.54) is 6.07 Å². The molecule has 0 N–H and O–H groups in total. The fourth-order valence-corrected chi connectivity index (χ4v) is 1.44. The molecule has 0 saturated heterocycles. The van der Waals surface area contributed by atoms with Gasteiger partial charge in [-0.05, 0) is 37.1 Å². The van der Waals surface area contributed by atoms with Gasteiger partial charge in [-0.3, -0.25) is 5.32 Å². The van der Waals surface area contributed by atoms with E-state index in [0.717, 1.165) is 17.7 Å². The summed E-state index contributed by atoms with van der Waals surface area (Å²) in [4.78, 5) is 0. The van der Waals surface area contributed by atoms with Gasteiger partial charge >= 0.3 is 0 Å². The van der Waals surface area contributed by atoms with Crippen molar-refractivity contribution in [3.8, 4) is 0 Å². The molecule has 0 amide bonds. The minimum Gasteiger partial charge on any atom is -0.282 e. The van der Waals surface area contributed by atoms with Crippen molar-refractivity contribution in [3.63, 3.8) is 0 Å². The predicted molar refractivity (Wildman–Crippen MR) is 41.4 cm³/mol. The fourth-order valence-electron chi connectivity index (χ4n) is 1.44. The highest BCUT2D eigenvalue weighted by Crippen LogP contribution is 2.25. The molecule has 2 rings (SSSR count). The lowest BCUT2D eigenvalue weighted by Crippen LogP contribution is -2.07. The summed E-state index contributed by atoms with van der Waals surface area (Å²) < 4.78 is 12.6. The maximum absolute atomic E-state index is 12.6. The lowest BCUT2D eigenvalue weighted by Gasteiger charge is -1.96. The molecular weight excluding hydrogens is 141 g/mol. The van der Waals surface area contributed by atoms with E-state index in [4.69, 9.17) is 0 Å². The first-order valence-electron chi connectivity index (χ1n) is 3.75. The summed E-state index contributed by atoms with van der Waals surface area (Å²) in [5.41, 5.74) is 2.00. The van der Waals surface area contributed by atoms with Gasteiger partial charge in [0.15, 0.2) is 0 Å². The van der Waals surface area contributed by atoms with Crippen molar-refractivity contribution < 1.29 is 4.39 Å². The van der Waals surface area contributed by atoms with E-state index in [0.29, 0.717) is 6.04 Å². The molecule has 0 aromatic heterocycles. The highest BCUT2D eigenvalue weighted by Gasteiger charge is 2.18. The van der Waals surface area contributed by atoms with Gasteiger partial charge in [-0.1, -0.05) is 0 Å². The highest BCUT2D eigenvalue weighted by atomic mass is 19.1. The van der Waals surface area contributed by atoms with Crippen LogP contribution in [0.15, 0.2) is 18.2 Å². The fraction of sp³-hybridized carbons (Fsp3) is 0.333. The van der Waals surface area contributed by atoms with E-state index < -0.39 is 0 Å². The third-order valence-corrected chi connectivity index (χ3v) is 1.92. The van der Waals surface area contributed by atoms with Crippen LogP contribution in [0.25, 0.3) is 0 Å². The molecular formula is C9H9FN. The van der Waals surface area contributed by atoms with Gasteiger partial charge in [0.25, 0.3) is 0 Å². The molecule has 1 atom stereocenters. The Morgan fingerprint density at radius 1 is 1.55 bits per heavy atom. The smallest absolute Gasteiger partial charge is 0.123 e. The summed E-state index contributed by atoms with van der Waals surface area (Å²) in [6.07, 6.45) is 0.882. The molecule has 57 valence electrons. The van der Waals surface area contributed by atoms with E-state index in [-0.39, 0.29) is 5.82 Å². The average molecular weight is 150 g/mol. The van der Waals surface area contributed by atoms with E-state index in [1.807, 2.05) is 6.92 Å². The van der Waals surface area contributed by atoms with Crippen molar-refractivity contribution >= 4 is 5.69 Å². The van der Waals surface area contributed by atoms with Crippen LogP contribution in [0.3, 0.4) is 0 Å². The quantitative estimate of drug-likeness (QED) is 0.537. The van der Waals surface area contributed by atoms with Gasteiger partial charge in [-0.25, -0.2) is 4.39 Å². The number of benzene rings is 1. The molecule has 1 unspecified atom stereocenters. The molecule has 1 aliphatic heterocycles. The summed E-state index contributed by atoms with van der Waals surface area (Å²) in [5, 5.41) is 4.33. The lowest BCUT2D eigenvalue weighted by atomic mass is 10.1. The standard InChI is InChI=1S/C9H9FN/c1-6-4-7-5-8(10)2-3-9(7)11-6/h2-3,5-6H,4H2,1H3. The molecule has 0 spiro atoms. The van der Waals surface area contributed by atoms with Gasteiger partial charge < -0.3 is 0 Å². The molecule has 1 aromatic carbocycles. The normalized spacial score (nSPS) is 21.1. The van der Waals surface area contributed by atoms with Gasteiger partial charge in [0.1, 0.15) is 5.82 Å². The Bertz CT molecular complexity index is 283. The van der Waals surface area contributed by atoms with Gasteiger partial charge in [-0.2, -0.15) is 0 Å². The zero-order chi connectivity index (χ0) is 7.84. The number of rotatable bonds is 0. The number of halogens is 1. The predicted octanol–water partition coefficient (Wildman–Crippen LogP) is 2.01. The van der Waals surface area contributed by atoms with E-state index in [9.17, 15) is 4.39 Å². The van der Waals surface area contributed by atoms with Crippen LogP contribution in [0.1, 0.15) is 12.5 Å². The van der Waals surface area contributed by atoms with Crippen LogP contribution >= 0.6 is 0 Å². The summed E-state index contributed by atoms with van der Waals surface area (Å²) in [5.74, 6) is -0.159. The Labute approximate surface area is 65.2 Å². The van der Waals surface area contributed by atoms with E-state index >= 15 is 0 Å². The largest absolute Gasteiger partial charge is 0.282 e. The maximum Gasteiger partial charge on any atom is 0.123 e. The molecule has 1 aliphatic rings. The van der Waals surface area contributed by atoms with Gasteiger partial charge in [0, 0.05) is 0 Å². The molecule has 11 heavy (non-hydrogen) atoms. The van der Waals surface area contributed by atoms with Crippen molar-refractivity contribution in [3.05, 3.63) is 29.6 Å². The molecule has 0 bridgehead atoms. The summed E-state index contributed by atoms with van der Waals surface area (Å²) in [6, 6.07) is 5.10. The Hall–Kier alpha value is -1.05. The Morgan fingerprint density at radius 3 is 3.18 bits per heavy atom. The van der Waals surface area contributed by atoms with Crippen LogP contribution < -0.4 is 5.32 Å². The van der Waals surface area contributed by atoms with Gasteiger partial charge in [0.05, 0.1) is 11.7 Å². The third-order valence-electron chi connectivity index (χ3n) is 1.92. The number of hydrogen-bond acceptors (Lipinski definition) is 0. The van der Waals surface area contributed by atoms with Gasteiger partial charge in [0.2, 0.25) is 0 Å². The summed E-state index contributed by atoms with van der Waals surface area (Å²) >= 11 is 0. The molecule has 0 fully saturated rings. The Kier molecular flexibility index (Phi) is 1.34. The molecule has 1 nitrogen and oxygen atoms in total. The molecule has 1 aromatic rings. The van der Waals surface area contributed by atoms with Crippen molar-refractivity contribution in [2.24, 2.45) is 0 Å². The maximum atomic E-state index is 12.6. The van der Waals surface area contributed by atoms with E-state index in [1.54, 1.807) is 12.1 Å². The number of fused-ring (bicyclic) bond motifs is 1. The average Bonchev–Trinajstić information content (AvgIpc) is 2.27. The topological polar surface area (TPSA) is 14.1 Å². The zero-order valence-electron chi connectivity index (χ0n) is 6.34. The first kappa shape index (κ1) is 6.65. The zero-order valence-corrected chi connectivity index (χ0v) is 6.34. The summed E-state index contributed by atoms with van der Waals surface area (Å²) in [6.45, 7) is 2.04. The minimum absolute atomic E-state index is 0.159. The second-order valence-corrected chi connectivity index (χ2v) is 2.96. The lowest BCUT2D eigenvalue weighted by molar-refractivity contribution is 0.626. The molecule has 1 heterocycles. The van der Waals surface area contributed by atoms with Crippen molar-refractivity contribution in [2.75, 3.05) is 0 Å². The van der Waals surface area contributed by atoms with Crippen LogP contribution in [0.4, 0.5) is 10.1 Å². The second-order valence-electron chi connectivity index (χ2n) is 2.96. The number of hydrogen-bond donors (Lipinski definition) is 0. The second kappa shape index (κ2) is 2.22. The van der Waals surface area contributed by atoms with Crippen LogP contribution in [0.2, 0.25) is 0 Å². The minimum atomic E-state index is -0.159. The molecule has 0 aliphatic carbocycles. The van der Waals surface area contributed by atoms with Crippen LogP contribution in [-0.2, 0) is 6.42 Å². The first-order chi connectivity index (χ1) is 5.25. The number of nitrogens with zero attached hydrogens (tertiary/aromatic N) is 1.